The second kappa shape index (κ2) is 9.40. The van der Waals surface area contributed by atoms with Crippen molar-refractivity contribution in [1.29, 1.82) is 0 Å². The second-order valence-corrected chi connectivity index (χ2v) is 7.40. The van der Waals surface area contributed by atoms with Crippen LogP contribution in [0.25, 0.3) is 0 Å². The van der Waals surface area contributed by atoms with E-state index in [1.807, 2.05) is 30.3 Å². The monoisotopic (exact) mass is 383 g/mol. The van der Waals surface area contributed by atoms with Crippen LogP contribution in [0.2, 0.25) is 0 Å². The van der Waals surface area contributed by atoms with E-state index in [9.17, 15) is 22.0 Å². The van der Waals surface area contributed by atoms with Gasteiger partial charge < -0.3 is 10.1 Å². The zero-order valence-electron chi connectivity index (χ0n) is 13.9. The zero-order chi connectivity index (χ0) is 19.0. The van der Waals surface area contributed by atoms with Crippen LogP contribution in [0.1, 0.15) is 22.3 Å². The molecule has 0 saturated carbocycles. The number of rotatable bonds is 9. The Bertz CT molecular complexity index is 809. The minimum Gasteiger partial charge on any atom is -0.377 e. The molecule has 2 aromatic rings. The van der Waals surface area contributed by atoms with Crippen LogP contribution in [0.3, 0.4) is 0 Å². The average molecular weight is 383 g/mol. The summed E-state index contributed by atoms with van der Waals surface area (Å²) in [5.41, 5.74) is 1.26. The highest BCUT2D eigenvalue weighted by molar-refractivity contribution is 7.91. The Labute approximate surface area is 150 Å². The first-order valence-electron chi connectivity index (χ1n) is 7.93. The molecule has 0 aliphatic heterocycles. The molecule has 0 aliphatic rings. The van der Waals surface area contributed by atoms with E-state index < -0.39 is 26.4 Å². The number of halogens is 2. The maximum atomic E-state index is 12.5. The zero-order valence-corrected chi connectivity index (χ0v) is 14.7. The van der Waals surface area contributed by atoms with Crippen LogP contribution >= 0.6 is 0 Å². The van der Waals surface area contributed by atoms with Crippen LogP contribution in [0.4, 0.5) is 8.78 Å². The molecule has 1 amide bonds. The quantitative estimate of drug-likeness (QED) is 0.676. The smallest absolute Gasteiger partial charge is 0.341 e. The fourth-order valence-corrected chi connectivity index (χ4v) is 2.86. The highest BCUT2D eigenvalue weighted by atomic mass is 32.2. The normalized spacial score (nSPS) is 11.5. The standard InChI is InChI=1S/C18H19F2NO4S/c19-18(20)26(23,24)16-9-7-15(8-10-16)17(22)21-11-4-12-25-13-14-5-2-1-3-6-14/h1-3,5-10,18H,4,11-13H2,(H,21,22). The van der Waals surface area contributed by atoms with Crippen molar-refractivity contribution in [2.75, 3.05) is 13.2 Å². The Morgan fingerprint density at radius 2 is 1.69 bits per heavy atom. The number of carbonyl (C=O) groups is 1. The van der Waals surface area contributed by atoms with E-state index in [2.05, 4.69) is 5.32 Å². The molecule has 0 aromatic heterocycles. The summed E-state index contributed by atoms with van der Waals surface area (Å²) in [6.45, 7) is 1.35. The van der Waals surface area contributed by atoms with Gasteiger partial charge in [-0.15, -0.1) is 0 Å². The third-order valence-corrected chi connectivity index (χ3v) is 4.94. The highest BCUT2D eigenvalue weighted by Crippen LogP contribution is 2.18. The number of benzene rings is 2. The molecule has 140 valence electrons. The predicted octanol–water partition coefficient (Wildman–Crippen LogP) is 3.02. The first-order chi connectivity index (χ1) is 12.4. The maximum absolute atomic E-state index is 12.5. The Morgan fingerprint density at radius 3 is 2.31 bits per heavy atom. The summed E-state index contributed by atoms with van der Waals surface area (Å²) in [5, 5.41) is 2.66. The lowest BCUT2D eigenvalue weighted by Gasteiger charge is -2.07. The Balaban J connectivity index is 1.73. The first-order valence-corrected chi connectivity index (χ1v) is 9.48. The molecule has 2 aromatic carbocycles. The van der Waals surface area contributed by atoms with Crippen molar-refractivity contribution >= 4 is 15.7 Å². The molecule has 8 heteroatoms. The third kappa shape index (κ3) is 5.60. The number of sulfone groups is 1. The van der Waals surface area contributed by atoms with E-state index in [0.717, 1.165) is 17.7 Å². The van der Waals surface area contributed by atoms with Crippen molar-refractivity contribution in [1.82, 2.24) is 5.32 Å². The minimum atomic E-state index is -4.65. The minimum absolute atomic E-state index is 0.198. The van der Waals surface area contributed by atoms with Gasteiger partial charge in [-0.1, -0.05) is 30.3 Å². The summed E-state index contributed by atoms with van der Waals surface area (Å²) < 4.78 is 53.1. The third-order valence-electron chi connectivity index (χ3n) is 3.54. The van der Waals surface area contributed by atoms with Gasteiger partial charge in [-0.3, -0.25) is 4.79 Å². The summed E-state index contributed by atoms with van der Waals surface area (Å²) in [4.78, 5) is 11.4. The van der Waals surface area contributed by atoms with Gasteiger partial charge in [0.05, 0.1) is 11.5 Å². The number of amides is 1. The fourth-order valence-electron chi connectivity index (χ4n) is 2.14. The molecule has 0 bridgehead atoms. The molecule has 0 spiro atoms. The molecule has 0 fully saturated rings. The number of alkyl halides is 2. The molecule has 1 N–H and O–H groups in total. The molecule has 0 heterocycles. The number of hydrogen-bond acceptors (Lipinski definition) is 4. The van der Waals surface area contributed by atoms with Gasteiger partial charge in [0.2, 0.25) is 9.84 Å². The van der Waals surface area contributed by atoms with Gasteiger partial charge in [-0.25, -0.2) is 8.42 Å². The van der Waals surface area contributed by atoms with Gasteiger partial charge in [0.1, 0.15) is 0 Å². The van der Waals surface area contributed by atoms with E-state index in [1.165, 1.54) is 12.1 Å². The van der Waals surface area contributed by atoms with Crippen LogP contribution < -0.4 is 5.32 Å². The molecule has 0 saturated heterocycles. The Kier molecular flexibility index (Phi) is 7.23. The lowest BCUT2D eigenvalue weighted by molar-refractivity contribution is 0.0934. The lowest BCUT2D eigenvalue weighted by atomic mass is 10.2. The highest BCUT2D eigenvalue weighted by Gasteiger charge is 2.26. The largest absolute Gasteiger partial charge is 0.377 e. The van der Waals surface area contributed by atoms with Crippen molar-refractivity contribution in [3.63, 3.8) is 0 Å². The molecule has 26 heavy (non-hydrogen) atoms. The van der Waals surface area contributed by atoms with Gasteiger partial charge in [-0.05, 0) is 36.2 Å². The van der Waals surface area contributed by atoms with Crippen molar-refractivity contribution < 1.29 is 26.7 Å². The van der Waals surface area contributed by atoms with Crippen LogP contribution in [0.15, 0.2) is 59.5 Å². The van der Waals surface area contributed by atoms with Gasteiger partial charge in [0, 0.05) is 18.7 Å². The summed E-state index contributed by atoms with van der Waals surface area (Å²) in [5.74, 6) is -3.90. The van der Waals surface area contributed by atoms with Crippen LogP contribution in [0.5, 0.6) is 0 Å². The molecule has 0 atom stereocenters. The van der Waals surface area contributed by atoms with Gasteiger partial charge in [0.15, 0.2) is 0 Å². The molecular formula is C18H19F2NO4S. The van der Waals surface area contributed by atoms with E-state index in [1.54, 1.807) is 0 Å². The number of carbonyl (C=O) groups excluding carboxylic acids is 1. The van der Waals surface area contributed by atoms with Crippen LogP contribution in [-0.2, 0) is 21.2 Å². The molecule has 2 rings (SSSR count). The number of hydrogen-bond donors (Lipinski definition) is 1. The van der Waals surface area contributed by atoms with Crippen LogP contribution in [0, 0.1) is 0 Å². The summed E-state index contributed by atoms with van der Waals surface area (Å²) in [7, 11) is -4.65. The van der Waals surface area contributed by atoms with Gasteiger partial charge in [-0.2, -0.15) is 8.78 Å². The second-order valence-electron chi connectivity index (χ2n) is 5.48. The van der Waals surface area contributed by atoms with Crippen molar-refractivity contribution in [2.45, 2.75) is 23.7 Å². The summed E-state index contributed by atoms with van der Waals surface area (Å²) >= 11 is 0. The molecule has 0 unspecified atom stereocenters. The van der Waals surface area contributed by atoms with Crippen molar-refractivity contribution in [3.8, 4) is 0 Å². The average Bonchev–Trinajstić information content (AvgIpc) is 2.65. The van der Waals surface area contributed by atoms with E-state index in [4.69, 9.17) is 4.74 Å². The maximum Gasteiger partial charge on any atom is 0.341 e. The molecule has 0 radical (unpaired) electrons. The van der Waals surface area contributed by atoms with Crippen molar-refractivity contribution in [3.05, 3.63) is 65.7 Å². The Morgan fingerprint density at radius 1 is 1.04 bits per heavy atom. The molecular weight excluding hydrogens is 364 g/mol. The number of ether oxygens (including phenoxy) is 1. The van der Waals surface area contributed by atoms with Gasteiger partial charge >= 0.3 is 5.76 Å². The summed E-state index contributed by atoms with van der Waals surface area (Å²) in [6.07, 6.45) is 0.608. The van der Waals surface area contributed by atoms with E-state index >= 15 is 0 Å². The van der Waals surface area contributed by atoms with E-state index in [-0.39, 0.29) is 5.56 Å². The predicted molar refractivity (Wildman–Crippen MR) is 92.7 cm³/mol. The van der Waals surface area contributed by atoms with E-state index in [0.29, 0.717) is 26.2 Å². The van der Waals surface area contributed by atoms with Crippen LogP contribution in [-0.4, -0.2) is 33.2 Å². The Hall–Kier alpha value is -2.32. The summed E-state index contributed by atoms with van der Waals surface area (Å²) in [6, 6.07) is 14.1. The lowest BCUT2D eigenvalue weighted by Crippen LogP contribution is -2.25. The van der Waals surface area contributed by atoms with Gasteiger partial charge in [0.25, 0.3) is 5.91 Å². The molecule has 0 aliphatic carbocycles. The fraction of sp³-hybridized carbons (Fsp3) is 0.278. The number of nitrogens with one attached hydrogen (secondary N) is 1. The first kappa shape index (κ1) is 20.0. The molecule has 5 nitrogen and oxygen atoms in total. The SMILES string of the molecule is O=C(NCCCOCc1ccccc1)c1ccc(S(=O)(=O)C(F)F)cc1. The topological polar surface area (TPSA) is 72.5 Å². The van der Waals surface area contributed by atoms with Crippen molar-refractivity contribution in [2.24, 2.45) is 0 Å².